The lowest BCUT2D eigenvalue weighted by Gasteiger charge is -2.32. The van der Waals surface area contributed by atoms with Crippen LogP contribution in [0.3, 0.4) is 0 Å². The standard InChI is InChI=1S/C17H15FN2O/c1-21-17-7-2-4-12-11-20(9-8-13(12)17)16-6-3-5-15(18)14(16)10-19/h2-7H,8-9,11H2,1H3. The summed E-state index contributed by atoms with van der Waals surface area (Å²) in [6, 6.07) is 12.7. The Hall–Kier alpha value is -2.54. The molecule has 0 aromatic heterocycles. The van der Waals surface area contributed by atoms with E-state index in [0.717, 1.165) is 24.3 Å². The Balaban J connectivity index is 1.98. The largest absolute Gasteiger partial charge is 0.496 e. The van der Waals surface area contributed by atoms with E-state index in [1.54, 1.807) is 19.2 Å². The van der Waals surface area contributed by atoms with Crippen LogP contribution in [0.1, 0.15) is 16.7 Å². The highest BCUT2D eigenvalue weighted by atomic mass is 19.1. The van der Waals surface area contributed by atoms with Gasteiger partial charge in [0, 0.05) is 18.7 Å². The summed E-state index contributed by atoms with van der Waals surface area (Å²) in [5.41, 5.74) is 3.13. The summed E-state index contributed by atoms with van der Waals surface area (Å²) in [5, 5.41) is 9.17. The third kappa shape index (κ3) is 2.31. The summed E-state index contributed by atoms with van der Waals surface area (Å²) in [5.74, 6) is 0.429. The van der Waals surface area contributed by atoms with Crippen molar-refractivity contribution in [1.29, 1.82) is 5.26 Å². The van der Waals surface area contributed by atoms with Crippen LogP contribution in [0.4, 0.5) is 10.1 Å². The van der Waals surface area contributed by atoms with Crippen molar-refractivity contribution in [3.8, 4) is 11.8 Å². The Kier molecular flexibility index (Phi) is 3.49. The first-order chi connectivity index (χ1) is 10.2. The number of nitrogens with zero attached hydrogens (tertiary/aromatic N) is 2. The fourth-order valence-electron chi connectivity index (χ4n) is 2.86. The van der Waals surface area contributed by atoms with Gasteiger partial charge >= 0.3 is 0 Å². The van der Waals surface area contributed by atoms with Crippen LogP contribution in [0.25, 0.3) is 0 Å². The molecule has 3 nitrogen and oxygen atoms in total. The minimum atomic E-state index is -0.466. The molecule has 0 spiro atoms. The SMILES string of the molecule is COc1cccc2c1CCN(c1cccc(F)c1C#N)C2. The topological polar surface area (TPSA) is 36.3 Å². The first-order valence-electron chi connectivity index (χ1n) is 6.83. The van der Waals surface area contributed by atoms with Crippen LogP contribution in [0.15, 0.2) is 36.4 Å². The highest BCUT2D eigenvalue weighted by molar-refractivity contribution is 5.61. The fraction of sp³-hybridized carbons (Fsp3) is 0.235. The molecule has 21 heavy (non-hydrogen) atoms. The quantitative estimate of drug-likeness (QED) is 0.848. The third-order valence-corrected chi connectivity index (χ3v) is 3.89. The summed E-state index contributed by atoms with van der Waals surface area (Å²) < 4.78 is 19.1. The molecule has 0 radical (unpaired) electrons. The van der Waals surface area contributed by atoms with Gasteiger partial charge in [-0.3, -0.25) is 0 Å². The first kappa shape index (κ1) is 13.4. The van der Waals surface area contributed by atoms with Gasteiger partial charge in [-0.25, -0.2) is 4.39 Å². The average molecular weight is 282 g/mol. The Morgan fingerprint density at radius 3 is 2.81 bits per heavy atom. The van der Waals surface area contributed by atoms with E-state index in [9.17, 15) is 9.65 Å². The van der Waals surface area contributed by atoms with Crippen molar-refractivity contribution >= 4 is 5.69 Å². The van der Waals surface area contributed by atoms with E-state index in [2.05, 4.69) is 6.07 Å². The number of hydrogen-bond acceptors (Lipinski definition) is 3. The maximum absolute atomic E-state index is 13.8. The molecule has 3 rings (SSSR count). The maximum Gasteiger partial charge on any atom is 0.143 e. The Morgan fingerprint density at radius 1 is 1.24 bits per heavy atom. The van der Waals surface area contributed by atoms with Gasteiger partial charge in [0.25, 0.3) is 0 Å². The number of hydrogen-bond donors (Lipinski definition) is 0. The van der Waals surface area contributed by atoms with E-state index in [-0.39, 0.29) is 5.56 Å². The molecule has 0 amide bonds. The monoisotopic (exact) mass is 282 g/mol. The molecule has 1 aliphatic heterocycles. The van der Waals surface area contributed by atoms with Crippen molar-refractivity contribution in [2.24, 2.45) is 0 Å². The Morgan fingerprint density at radius 2 is 2.05 bits per heavy atom. The van der Waals surface area contributed by atoms with E-state index >= 15 is 0 Å². The molecule has 2 aromatic rings. The summed E-state index contributed by atoms with van der Waals surface area (Å²) in [6.45, 7) is 1.40. The van der Waals surface area contributed by atoms with Crippen LogP contribution in [-0.4, -0.2) is 13.7 Å². The van der Waals surface area contributed by atoms with E-state index in [1.165, 1.54) is 11.6 Å². The normalized spacial score (nSPS) is 13.5. The number of nitriles is 1. The van der Waals surface area contributed by atoms with Crippen molar-refractivity contribution in [2.45, 2.75) is 13.0 Å². The van der Waals surface area contributed by atoms with Crippen LogP contribution in [0.2, 0.25) is 0 Å². The van der Waals surface area contributed by atoms with Crippen molar-refractivity contribution in [3.63, 3.8) is 0 Å². The number of ether oxygens (including phenoxy) is 1. The predicted octanol–water partition coefficient (Wildman–Crippen LogP) is 3.27. The molecule has 0 atom stereocenters. The smallest absolute Gasteiger partial charge is 0.143 e. The van der Waals surface area contributed by atoms with Crippen LogP contribution in [0.5, 0.6) is 5.75 Å². The summed E-state index contributed by atoms with van der Waals surface area (Å²) >= 11 is 0. The summed E-state index contributed by atoms with van der Waals surface area (Å²) in [4.78, 5) is 2.05. The molecule has 0 saturated carbocycles. The van der Waals surface area contributed by atoms with Gasteiger partial charge in [-0.1, -0.05) is 18.2 Å². The lowest BCUT2D eigenvalue weighted by molar-refractivity contribution is 0.407. The van der Waals surface area contributed by atoms with Crippen molar-refractivity contribution in [3.05, 3.63) is 58.9 Å². The van der Waals surface area contributed by atoms with Crippen LogP contribution >= 0.6 is 0 Å². The van der Waals surface area contributed by atoms with E-state index in [4.69, 9.17) is 4.74 Å². The molecule has 2 aromatic carbocycles. The second-order valence-electron chi connectivity index (χ2n) is 5.02. The molecular weight excluding hydrogens is 267 g/mol. The number of benzene rings is 2. The number of rotatable bonds is 2. The molecule has 0 aliphatic carbocycles. The van der Waals surface area contributed by atoms with Gasteiger partial charge < -0.3 is 9.64 Å². The van der Waals surface area contributed by atoms with Crippen molar-refractivity contribution < 1.29 is 9.13 Å². The zero-order valence-electron chi connectivity index (χ0n) is 11.8. The van der Waals surface area contributed by atoms with E-state index < -0.39 is 5.82 Å². The molecule has 4 heteroatoms. The van der Waals surface area contributed by atoms with Gasteiger partial charge in [0.15, 0.2) is 0 Å². The lowest BCUT2D eigenvalue weighted by Crippen LogP contribution is -2.31. The summed E-state index contributed by atoms with van der Waals surface area (Å²) in [7, 11) is 1.67. The van der Waals surface area contributed by atoms with Crippen molar-refractivity contribution in [2.75, 3.05) is 18.6 Å². The zero-order chi connectivity index (χ0) is 14.8. The zero-order valence-corrected chi connectivity index (χ0v) is 11.8. The Bertz CT molecular complexity index is 721. The molecule has 0 saturated heterocycles. The second-order valence-corrected chi connectivity index (χ2v) is 5.02. The van der Waals surface area contributed by atoms with Gasteiger partial charge in [0.05, 0.1) is 12.8 Å². The molecule has 1 aliphatic rings. The number of anilines is 1. The van der Waals surface area contributed by atoms with Crippen LogP contribution in [0, 0.1) is 17.1 Å². The highest BCUT2D eigenvalue weighted by Gasteiger charge is 2.22. The van der Waals surface area contributed by atoms with Crippen LogP contribution < -0.4 is 9.64 Å². The third-order valence-electron chi connectivity index (χ3n) is 3.89. The molecular formula is C17H15FN2O. The lowest BCUT2D eigenvalue weighted by atomic mass is 9.97. The van der Waals surface area contributed by atoms with Crippen LogP contribution in [-0.2, 0) is 13.0 Å². The molecule has 0 fully saturated rings. The van der Waals surface area contributed by atoms with Crippen molar-refractivity contribution in [1.82, 2.24) is 0 Å². The second kappa shape index (κ2) is 5.45. The maximum atomic E-state index is 13.8. The number of halogens is 1. The minimum absolute atomic E-state index is 0.115. The van der Waals surface area contributed by atoms with Gasteiger partial charge in [-0.05, 0) is 30.2 Å². The summed E-state index contributed by atoms with van der Waals surface area (Å²) in [6.07, 6.45) is 0.820. The van der Waals surface area contributed by atoms with Gasteiger partial charge in [-0.2, -0.15) is 5.26 Å². The predicted molar refractivity (Wildman–Crippen MR) is 78.9 cm³/mol. The van der Waals surface area contributed by atoms with E-state index in [0.29, 0.717) is 12.2 Å². The van der Waals surface area contributed by atoms with Gasteiger partial charge in [0.2, 0.25) is 0 Å². The highest BCUT2D eigenvalue weighted by Crippen LogP contribution is 2.32. The number of fused-ring (bicyclic) bond motifs is 1. The molecule has 106 valence electrons. The Labute approximate surface area is 123 Å². The molecule has 0 bridgehead atoms. The fourth-order valence-corrected chi connectivity index (χ4v) is 2.86. The number of methoxy groups -OCH3 is 1. The average Bonchev–Trinajstić information content (AvgIpc) is 2.53. The molecule has 0 unspecified atom stereocenters. The van der Waals surface area contributed by atoms with Gasteiger partial charge in [0.1, 0.15) is 23.2 Å². The first-order valence-corrected chi connectivity index (χ1v) is 6.83. The van der Waals surface area contributed by atoms with E-state index in [1.807, 2.05) is 23.1 Å². The molecule has 1 heterocycles. The van der Waals surface area contributed by atoms with Gasteiger partial charge in [-0.15, -0.1) is 0 Å². The minimum Gasteiger partial charge on any atom is -0.496 e. The molecule has 0 N–H and O–H groups in total.